The molecule has 6 heteroatoms. The number of hydrogen-bond donors (Lipinski definition) is 1. The molecule has 112 valence electrons. The monoisotopic (exact) mass is 361 g/mol. The Morgan fingerprint density at radius 3 is 2.55 bits per heavy atom. The van der Waals surface area contributed by atoms with Gasteiger partial charge in [0.1, 0.15) is 5.75 Å². The van der Waals surface area contributed by atoms with Crippen LogP contribution in [-0.4, -0.2) is 20.8 Å². The van der Waals surface area contributed by atoms with E-state index in [1.54, 1.807) is 0 Å². The van der Waals surface area contributed by atoms with E-state index in [1.165, 1.54) is 0 Å². The lowest BCUT2D eigenvalue weighted by Gasteiger charge is -2.36. The number of sulfonamides is 1. The van der Waals surface area contributed by atoms with Crippen molar-refractivity contribution in [2.45, 2.75) is 32.1 Å². The Hall–Kier alpha value is -0.590. The highest BCUT2D eigenvalue weighted by Crippen LogP contribution is 2.38. The first-order valence-electron chi connectivity index (χ1n) is 6.78. The summed E-state index contributed by atoms with van der Waals surface area (Å²) in [7, 11) is -3.48. The van der Waals surface area contributed by atoms with E-state index in [9.17, 15) is 8.42 Å². The molecular weight excluding hydrogens is 342 g/mol. The number of hydrogen-bond acceptors (Lipinski definition) is 3. The van der Waals surface area contributed by atoms with Crippen molar-refractivity contribution in [3.8, 4) is 5.75 Å². The topological polar surface area (TPSA) is 69.4 Å². The van der Waals surface area contributed by atoms with Crippen LogP contribution in [0.2, 0.25) is 0 Å². The molecular formula is C14H20BrNO3S. The van der Waals surface area contributed by atoms with Crippen LogP contribution in [0.4, 0.5) is 0 Å². The molecule has 1 aliphatic rings. The molecule has 0 bridgehead atoms. The first-order chi connectivity index (χ1) is 9.39. The third-order valence-corrected chi connectivity index (χ3v) is 5.27. The maximum atomic E-state index is 11.5. The summed E-state index contributed by atoms with van der Waals surface area (Å²) < 4.78 is 29.7. The fourth-order valence-corrected chi connectivity index (χ4v) is 4.46. The van der Waals surface area contributed by atoms with Crippen molar-refractivity contribution in [1.29, 1.82) is 0 Å². The first kappa shape index (κ1) is 15.8. The van der Waals surface area contributed by atoms with E-state index in [4.69, 9.17) is 9.88 Å². The number of nitrogens with two attached hydrogens (primary N) is 1. The fraction of sp³-hybridized carbons (Fsp3) is 0.571. The zero-order valence-corrected chi connectivity index (χ0v) is 13.7. The molecule has 0 aliphatic heterocycles. The Morgan fingerprint density at radius 2 is 1.95 bits per heavy atom. The van der Waals surface area contributed by atoms with Crippen molar-refractivity contribution < 1.29 is 13.2 Å². The molecule has 0 atom stereocenters. The van der Waals surface area contributed by atoms with Gasteiger partial charge in [-0.15, -0.1) is 0 Å². The summed E-state index contributed by atoms with van der Waals surface area (Å²) in [5, 5.41) is 5.25. The summed E-state index contributed by atoms with van der Waals surface area (Å²) in [5.74, 6) is 0.757. The van der Waals surface area contributed by atoms with Gasteiger partial charge in [0.2, 0.25) is 10.0 Å². The molecule has 0 unspecified atom stereocenters. The number of primary sulfonamides is 1. The molecule has 2 N–H and O–H groups in total. The van der Waals surface area contributed by atoms with Gasteiger partial charge in [0, 0.05) is 9.89 Å². The van der Waals surface area contributed by atoms with Crippen LogP contribution in [0.3, 0.4) is 0 Å². The predicted octanol–water partition coefficient (Wildman–Crippen LogP) is 3.07. The van der Waals surface area contributed by atoms with Gasteiger partial charge in [-0.2, -0.15) is 0 Å². The average molecular weight is 362 g/mol. The van der Waals surface area contributed by atoms with E-state index in [2.05, 4.69) is 15.9 Å². The van der Waals surface area contributed by atoms with E-state index in [1.807, 2.05) is 24.3 Å². The number of ether oxygens (including phenoxy) is 1. The van der Waals surface area contributed by atoms with Gasteiger partial charge in [0.05, 0.1) is 12.4 Å². The quantitative estimate of drug-likeness (QED) is 0.875. The van der Waals surface area contributed by atoms with Crippen LogP contribution < -0.4 is 9.88 Å². The summed E-state index contributed by atoms with van der Waals surface area (Å²) in [6.07, 6.45) is 4.95. The van der Waals surface area contributed by atoms with E-state index < -0.39 is 10.0 Å². The fourth-order valence-electron chi connectivity index (χ4n) is 2.85. The van der Waals surface area contributed by atoms with E-state index in [0.717, 1.165) is 42.3 Å². The minimum absolute atomic E-state index is 0.00794. The van der Waals surface area contributed by atoms with Crippen molar-refractivity contribution in [3.05, 3.63) is 28.7 Å². The third kappa shape index (κ3) is 4.75. The van der Waals surface area contributed by atoms with Crippen molar-refractivity contribution in [2.75, 3.05) is 12.4 Å². The molecule has 2 rings (SSSR count). The SMILES string of the molecule is NS(=O)(=O)CC1(COc2cccc(Br)c2)CCCCC1. The Labute approximate surface area is 128 Å². The van der Waals surface area contributed by atoms with Crippen LogP contribution in [0.1, 0.15) is 32.1 Å². The average Bonchev–Trinajstić information content (AvgIpc) is 2.36. The van der Waals surface area contributed by atoms with Crippen LogP contribution in [0.5, 0.6) is 5.75 Å². The molecule has 1 aromatic rings. The summed E-state index contributed by atoms with van der Waals surface area (Å²) in [6, 6.07) is 7.58. The van der Waals surface area contributed by atoms with Crippen LogP contribution >= 0.6 is 15.9 Å². The van der Waals surface area contributed by atoms with Crippen LogP contribution in [0, 0.1) is 5.41 Å². The molecule has 1 saturated carbocycles. The van der Waals surface area contributed by atoms with E-state index >= 15 is 0 Å². The molecule has 0 radical (unpaired) electrons. The van der Waals surface area contributed by atoms with Crippen LogP contribution in [0.25, 0.3) is 0 Å². The molecule has 1 aromatic carbocycles. The predicted molar refractivity (Wildman–Crippen MR) is 83.1 cm³/mol. The van der Waals surface area contributed by atoms with Crippen molar-refractivity contribution in [3.63, 3.8) is 0 Å². The standard InChI is InChI=1S/C14H20BrNO3S/c15-12-5-4-6-13(9-12)19-10-14(11-20(16,17)18)7-2-1-3-8-14/h4-6,9H,1-3,7-8,10-11H2,(H2,16,17,18). The molecule has 1 fully saturated rings. The zero-order chi connectivity index (χ0) is 14.6. The second-order valence-electron chi connectivity index (χ2n) is 5.61. The molecule has 0 amide bonds. The van der Waals surface area contributed by atoms with Crippen LogP contribution in [-0.2, 0) is 10.0 Å². The van der Waals surface area contributed by atoms with Crippen molar-refractivity contribution >= 4 is 26.0 Å². The normalized spacial score (nSPS) is 18.7. The first-order valence-corrected chi connectivity index (χ1v) is 9.28. The highest BCUT2D eigenvalue weighted by molar-refractivity contribution is 9.10. The molecule has 0 aromatic heterocycles. The van der Waals surface area contributed by atoms with Gasteiger partial charge in [-0.1, -0.05) is 41.3 Å². The number of halogens is 1. The molecule has 1 aliphatic carbocycles. The summed E-state index contributed by atoms with van der Waals surface area (Å²) in [4.78, 5) is 0. The minimum atomic E-state index is -3.48. The smallest absolute Gasteiger partial charge is 0.209 e. The molecule has 20 heavy (non-hydrogen) atoms. The molecule has 0 saturated heterocycles. The second kappa shape index (κ2) is 6.45. The lowest BCUT2D eigenvalue weighted by molar-refractivity contribution is 0.118. The second-order valence-corrected chi connectivity index (χ2v) is 8.14. The maximum absolute atomic E-state index is 11.5. The van der Waals surface area contributed by atoms with Gasteiger partial charge in [0.25, 0.3) is 0 Å². The molecule has 0 heterocycles. The highest BCUT2D eigenvalue weighted by Gasteiger charge is 2.36. The Morgan fingerprint density at radius 1 is 1.25 bits per heavy atom. The highest BCUT2D eigenvalue weighted by atomic mass is 79.9. The lowest BCUT2D eigenvalue weighted by Crippen LogP contribution is -2.40. The Bertz CT molecular complexity index is 553. The number of rotatable bonds is 5. The minimum Gasteiger partial charge on any atom is -0.493 e. The van der Waals surface area contributed by atoms with E-state index in [-0.39, 0.29) is 11.2 Å². The van der Waals surface area contributed by atoms with Gasteiger partial charge < -0.3 is 4.74 Å². The van der Waals surface area contributed by atoms with Gasteiger partial charge in [-0.3, -0.25) is 0 Å². The zero-order valence-electron chi connectivity index (χ0n) is 11.3. The summed E-state index contributed by atoms with van der Waals surface area (Å²) in [5.41, 5.74) is -0.339. The van der Waals surface area contributed by atoms with Gasteiger partial charge in [-0.05, 0) is 31.0 Å². The van der Waals surface area contributed by atoms with Crippen LogP contribution in [0.15, 0.2) is 28.7 Å². The van der Waals surface area contributed by atoms with Gasteiger partial charge >= 0.3 is 0 Å². The van der Waals surface area contributed by atoms with Crippen molar-refractivity contribution in [2.24, 2.45) is 10.6 Å². The summed E-state index contributed by atoms with van der Waals surface area (Å²) in [6.45, 7) is 0.403. The van der Waals surface area contributed by atoms with Crippen molar-refractivity contribution in [1.82, 2.24) is 0 Å². The lowest BCUT2D eigenvalue weighted by atomic mass is 9.76. The van der Waals surface area contributed by atoms with Gasteiger partial charge in [0.15, 0.2) is 0 Å². The van der Waals surface area contributed by atoms with Gasteiger partial charge in [-0.25, -0.2) is 13.6 Å². The Balaban J connectivity index is 2.08. The number of benzene rings is 1. The third-order valence-electron chi connectivity index (χ3n) is 3.76. The molecule has 4 nitrogen and oxygen atoms in total. The molecule has 0 spiro atoms. The largest absolute Gasteiger partial charge is 0.493 e. The maximum Gasteiger partial charge on any atom is 0.209 e. The van der Waals surface area contributed by atoms with E-state index in [0.29, 0.717) is 6.61 Å². The Kier molecular flexibility index (Phi) is 5.09. The summed E-state index contributed by atoms with van der Waals surface area (Å²) >= 11 is 3.39.